The molecular formula is C17H28N2OS. The number of thiazole rings is 1. The van der Waals surface area contributed by atoms with Crippen molar-refractivity contribution in [1.29, 1.82) is 0 Å². The minimum Gasteiger partial charge on any atom is -0.385 e. The molecule has 0 aromatic carbocycles. The summed E-state index contributed by atoms with van der Waals surface area (Å²) in [5.74, 6) is 1.51. The molecule has 1 N–H and O–H groups in total. The van der Waals surface area contributed by atoms with Gasteiger partial charge in [-0.1, -0.05) is 6.92 Å². The Hall–Kier alpha value is -0.450. The van der Waals surface area contributed by atoms with Crippen molar-refractivity contribution in [2.75, 3.05) is 19.6 Å². The fourth-order valence-electron chi connectivity index (χ4n) is 3.10. The smallest absolute Gasteiger partial charge is 0.0951 e. The molecule has 1 saturated heterocycles. The third-order valence-corrected chi connectivity index (χ3v) is 6.18. The van der Waals surface area contributed by atoms with Crippen molar-refractivity contribution in [2.24, 2.45) is 5.92 Å². The van der Waals surface area contributed by atoms with Crippen LogP contribution in [0.25, 0.3) is 0 Å². The van der Waals surface area contributed by atoms with E-state index in [9.17, 15) is 5.11 Å². The van der Waals surface area contributed by atoms with Crippen LogP contribution >= 0.6 is 11.3 Å². The van der Waals surface area contributed by atoms with Crippen LogP contribution in [0.4, 0.5) is 0 Å². The molecule has 0 amide bonds. The van der Waals surface area contributed by atoms with Crippen LogP contribution in [0.15, 0.2) is 0 Å². The van der Waals surface area contributed by atoms with Gasteiger partial charge in [-0.2, -0.15) is 0 Å². The molecule has 118 valence electrons. The third kappa shape index (κ3) is 3.85. The van der Waals surface area contributed by atoms with Crippen molar-refractivity contribution in [3.63, 3.8) is 0 Å². The van der Waals surface area contributed by atoms with Gasteiger partial charge in [0.15, 0.2) is 0 Å². The SMILES string of the molecule is CC1CCN(CCc2nc(C3CC3)c(C(C)(C)O)s2)CC1. The summed E-state index contributed by atoms with van der Waals surface area (Å²) in [5, 5.41) is 11.6. The summed E-state index contributed by atoms with van der Waals surface area (Å²) in [5.41, 5.74) is 0.448. The van der Waals surface area contributed by atoms with Gasteiger partial charge >= 0.3 is 0 Å². The molecule has 0 bridgehead atoms. The summed E-state index contributed by atoms with van der Waals surface area (Å²) >= 11 is 1.74. The summed E-state index contributed by atoms with van der Waals surface area (Å²) in [4.78, 5) is 8.55. The third-order valence-electron chi connectivity index (χ3n) is 4.74. The quantitative estimate of drug-likeness (QED) is 0.904. The second kappa shape index (κ2) is 5.98. The van der Waals surface area contributed by atoms with Gasteiger partial charge in [-0.05, 0) is 58.5 Å². The molecule has 2 fully saturated rings. The van der Waals surface area contributed by atoms with Crippen LogP contribution < -0.4 is 0 Å². The van der Waals surface area contributed by atoms with Gasteiger partial charge in [0.25, 0.3) is 0 Å². The van der Waals surface area contributed by atoms with Crippen LogP contribution in [0.5, 0.6) is 0 Å². The molecule has 21 heavy (non-hydrogen) atoms. The minimum atomic E-state index is -0.742. The largest absolute Gasteiger partial charge is 0.385 e. The van der Waals surface area contributed by atoms with Crippen LogP contribution in [-0.2, 0) is 12.0 Å². The first kappa shape index (κ1) is 15.4. The highest BCUT2D eigenvalue weighted by atomic mass is 32.1. The molecule has 1 aliphatic heterocycles. The number of aliphatic hydroxyl groups is 1. The lowest BCUT2D eigenvalue weighted by Crippen LogP contribution is -2.34. The first-order valence-corrected chi connectivity index (χ1v) is 9.20. The van der Waals surface area contributed by atoms with Gasteiger partial charge in [0, 0.05) is 18.9 Å². The molecule has 2 aliphatic rings. The summed E-state index contributed by atoms with van der Waals surface area (Å²) in [7, 11) is 0. The average molecular weight is 308 g/mol. The Labute approximate surface area is 132 Å². The number of hydrogen-bond acceptors (Lipinski definition) is 4. The zero-order valence-corrected chi connectivity index (χ0v) is 14.4. The molecule has 0 spiro atoms. The number of aromatic nitrogens is 1. The monoisotopic (exact) mass is 308 g/mol. The molecular weight excluding hydrogens is 280 g/mol. The fraction of sp³-hybridized carbons (Fsp3) is 0.824. The van der Waals surface area contributed by atoms with Crippen LogP contribution in [0, 0.1) is 5.92 Å². The van der Waals surface area contributed by atoms with Crippen LogP contribution in [0.2, 0.25) is 0 Å². The van der Waals surface area contributed by atoms with E-state index in [0.29, 0.717) is 5.92 Å². The first-order valence-electron chi connectivity index (χ1n) is 8.38. The molecule has 1 aromatic rings. The van der Waals surface area contributed by atoms with Crippen LogP contribution in [0.1, 0.15) is 68.0 Å². The maximum Gasteiger partial charge on any atom is 0.0951 e. The predicted octanol–water partition coefficient (Wildman–Crippen LogP) is 3.52. The van der Waals surface area contributed by atoms with Gasteiger partial charge in [0.2, 0.25) is 0 Å². The Balaban J connectivity index is 1.63. The van der Waals surface area contributed by atoms with E-state index in [1.807, 2.05) is 13.8 Å². The summed E-state index contributed by atoms with van der Waals surface area (Å²) in [6, 6.07) is 0. The number of nitrogens with zero attached hydrogens (tertiary/aromatic N) is 2. The highest BCUT2D eigenvalue weighted by molar-refractivity contribution is 7.11. The summed E-state index contributed by atoms with van der Waals surface area (Å²) in [6.07, 6.45) is 6.20. The molecule has 4 heteroatoms. The summed E-state index contributed by atoms with van der Waals surface area (Å²) < 4.78 is 0. The molecule has 0 unspecified atom stereocenters. The van der Waals surface area contributed by atoms with E-state index in [2.05, 4.69) is 11.8 Å². The zero-order valence-electron chi connectivity index (χ0n) is 13.6. The standard InChI is InChI=1S/C17H28N2OS/c1-12-6-9-19(10-7-12)11-8-14-18-15(13-4-5-13)16(21-14)17(2,3)20/h12-13,20H,4-11H2,1-3H3. The zero-order chi connectivity index (χ0) is 15.0. The predicted molar refractivity (Wildman–Crippen MR) is 87.9 cm³/mol. The molecule has 3 nitrogen and oxygen atoms in total. The van der Waals surface area contributed by atoms with Gasteiger partial charge in [0.05, 0.1) is 21.2 Å². The number of rotatable bonds is 5. The van der Waals surface area contributed by atoms with Crippen LogP contribution in [0.3, 0.4) is 0 Å². The molecule has 3 rings (SSSR count). The number of piperidine rings is 1. The Morgan fingerprint density at radius 1 is 1.24 bits per heavy atom. The van der Waals surface area contributed by atoms with E-state index in [1.54, 1.807) is 11.3 Å². The van der Waals surface area contributed by atoms with E-state index in [4.69, 9.17) is 4.98 Å². The maximum absolute atomic E-state index is 10.4. The van der Waals surface area contributed by atoms with Gasteiger partial charge in [-0.3, -0.25) is 0 Å². The molecule has 1 aliphatic carbocycles. The highest BCUT2D eigenvalue weighted by Gasteiger charge is 2.34. The van der Waals surface area contributed by atoms with Crippen molar-refractivity contribution in [1.82, 2.24) is 9.88 Å². The Morgan fingerprint density at radius 2 is 1.90 bits per heavy atom. The van der Waals surface area contributed by atoms with Gasteiger partial charge < -0.3 is 10.0 Å². The van der Waals surface area contributed by atoms with E-state index < -0.39 is 5.60 Å². The van der Waals surface area contributed by atoms with E-state index in [1.165, 1.54) is 49.5 Å². The van der Waals surface area contributed by atoms with Crippen molar-refractivity contribution >= 4 is 11.3 Å². The van der Waals surface area contributed by atoms with Crippen LogP contribution in [-0.4, -0.2) is 34.6 Å². The van der Waals surface area contributed by atoms with Crippen molar-refractivity contribution in [2.45, 2.75) is 64.4 Å². The Bertz CT molecular complexity index is 479. The van der Waals surface area contributed by atoms with Gasteiger partial charge in [0.1, 0.15) is 0 Å². The van der Waals surface area contributed by atoms with E-state index in [0.717, 1.165) is 23.8 Å². The normalized spacial score (nSPS) is 21.9. The summed E-state index contributed by atoms with van der Waals surface area (Å²) in [6.45, 7) is 9.73. The molecule has 1 saturated carbocycles. The number of hydrogen-bond donors (Lipinski definition) is 1. The first-order chi connectivity index (χ1) is 9.93. The Kier molecular flexibility index (Phi) is 4.40. The molecule has 1 aromatic heterocycles. The van der Waals surface area contributed by atoms with E-state index in [-0.39, 0.29) is 0 Å². The Morgan fingerprint density at radius 3 is 2.48 bits per heavy atom. The fourth-order valence-corrected chi connectivity index (χ4v) is 4.24. The van der Waals surface area contributed by atoms with E-state index >= 15 is 0 Å². The minimum absolute atomic E-state index is 0.618. The van der Waals surface area contributed by atoms with Gasteiger partial charge in [-0.25, -0.2) is 4.98 Å². The topological polar surface area (TPSA) is 36.4 Å². The molecule has 2 heterocycles. The lowest BCUT2D eigenvalue weighted by atomic mass is 9.99. The highest BCUT2D eigenvalue weighted by Crippen LogP contribution is 2.45. The van der Waals surface area contributed by atoms with Gasteiger partial charge in [-0.15, -0.1) is 11.3 Å². The second-order valence-corrected chi connectivity index (χ2v) is 8.51. The van der Waals surface area contributed by atoms with Crippen molar-refractivity contribution in [3.8, 4) is 0 Å². The number of likely N-dealkylation sites (tertiary alicyclic amines) is 1. The lowest BCUT2D eigenvalue weighted by Gasteiger charge is -2.29. The molecule has 0 radical (unpaired) electrons. The maximum atomic E-state index is 10.4. The molecule has 0 atom stereocenters. The lowest BCUT2D eigenvalue weighted by molar-refractivity contribution is 0.0813. The second-order valence-electron chi connectivity index (χ2n) is 7.43. The average Bonchev–Trinajstić information content (AvgIpc) is 3.17. The van der Waals surface area contributed by atoms with Crippen molar-refractivity contribution in [3.05, 3.63) is 15.6 Å². The van der Waals surface area contributed by atoms with Crippen molar-refractivity contribution < 1.29 is 5.11 Å².